The Morgan fingerprint density at radius 3 is 1.20 bits per heavy atom. The van der Waals surface area contributed by atoms with Crippen LogP contribution in [-0.4, -0.2) is 97.5 Å². The lowest BCUT2D eigenvalue weighted by atomic mass is 9.73. The maximum Gasteiger partial charge on any atom is 0.310 e. The van der Waals surface area contributed by atoms with Crippen molar-refractivity contribution >= 4 is 23.9 Å². The van der Waals surface area contributed by atoms with E-state index in [1.165, 1.54) is 13.8 Å². The molecule has 0 N–H and O–H groups in total. The summed E-state index contributed by atoms with van der Waals surface area (Å²) >= 11 is 0. The van der Waals surface area contributed by atoms with Gasteiger partial charge in [-0.2, -0.15) is 0 Å². The Morgan fingerprint density at radius 1 is 0.556 bits per heavy atom. The van der Waals surface area contributed by atoms with Crippen LogP contribution in [0.15, 0.2) is 36.4 Å². The zero-order valence-corrected chi connectivity index (χ0v) is 32.5. The summed E-state index contributed by atoms with van der Waals surface area (Å²) in [6, 6.07) is 12.9. The van der Waals surface area contributed by atoms with Crippen molar-refractivity contribution in [3.8, 4) is 23.0 Å². The third-order valence-corrected chi connectivity index (χ3v) is 13.6. The van der Waals surface area contributed by atoms with Gasteiger partial charge in [0.15, 0.2) is 23.0 Å². The fourth-order valence-electron chi connectivity index (χ4n) is 10.5. The zero-order chi connectivity index (χ0) is 38.4. The molecule has 2 aromatic carbocycles. The smallest absolute Gasteiger partial charge is 0.310 e. The predicted octanol–water partition coefficient (Wildman–Crippen LogP) is 5.65. The molecule has 4 heterocycles. The molecule has 5 aliphatic rings. The van der Waals surface area contributed by atoms with Crippen LogP contribution in [0, 0.1) is 11.8 Å². The Morgan fingerprint density at radius 2 is 0.907 bits per heavy atom. The van der Waals surface area contributed by atoms with Gasteiger partial charge in [0.2, 0.25) is 0 Å². The predicted molar refractivity (Wildman–Crippen MR) is 196 cm³/mol. The zero-order valence-electron chi connectivity index (χ0n) is 32.5. The molecule has 54 heavy (non-hydrogen) atoms. The highest BCUT2D eigenvalue weighted by Crippen LogP contribution is 2.47. The number of piperidine rings is 2. The minimum Gasteiger partial charge on any atom is -0.493 e. The highest BCUT2D eigenvalue weighted by atomic mass is 16.6. The largest absolute Gasteiger partial charge is 0.493 e. The van der Waals surface area contributed by atoms with Gasteiger partial charge in [0, 0.05) is 76.3 Å². The normalized spacial score (nSPS) is 33.6. The molecule has 1 aliphatic carbocycles. The van der Waals surface area contributed by atoms with Crippen LogP contribution >= 0.6 is 0 Å². The number of carbonyl (C=O) groups is 4. The third kappa shape index (κ3) is 7.43. The van der Waals surface area contributed by atoms with E-state index in [9.17, 15) is 19.2 Å². The van der Waals surface area contributed by atoms with E-state index < -0.39 is 11.8 Å². The standard InChI is InChI=1S/C42H56N2O10/c1-25(45)51-37-15-7-27(17-39(37)49-5)23-43(3)29-9-10-30(43)20-33(19-29)53-41(47)35-13-14-36(35)42(48)54-34-21-31-11-12-32(22-34)44(31,4)24-28-8-16-38(52-26(2)46)40(18-28)50-6/h7-8,15-18,29-36H,9-14,19-24H2,1-6H3/q+2. The van der Waals surface area contributed by atoms with Gasteiger partial charge in [0.05, 0.1) is 64.3 Å². The molecule has 4 aliphatic heterocycles. The number of rotatable bonds is 12. The van der Waals surface area contributed by atoms with Crippen LogP contribution in [0.1, 0.15) is 89.2 Å². The Balaban J connectivity index is 0.909. The summed E-state index contributed by atoms with van der Waals surface area (Å²) in [5.74, 6) is -0.257. The second-order valence-electron chi connectivity index (χ2n) is 16.8. The van der Waals surface area contributed by atoms with E-state index in [1.807, 2.05) is 24.3 Å². The van der Waals surface area contributed by atoms with Crippen molar-refractivity contribution < 1.29 is 56.6 Å². The van der Waals surface area contributed by atoms with Crippen LogP contribution < -0.4 is 18.9 Å². The number of esters is 4. The molecule has 2 aromatic rings. The van der Waals surface area contributed by atoms with Crippen molar-refractivity contribution in [3.63, 3.8) is 0 Å². The van der Waals surface area contributed by atoms with Crippen LogP contribution in [-0.2, 0) is 41.7 Å². The molecule has 0 amide bonds. The van der Waals surface area contributed by atoms with E-state index in [-0.39, 0.29) is 36.1 Å². The lowest BCUT2D eigenvalue weighted by molar-refractivity contribution is -0.961. The first-order valence-corrected chi connectivity index (χ1v) is 19.6. The molecule has 4 saturated heterocycles. The molecule has 1 saturated carbocycles. The van der Waals surface area contributed by atoms with E-state index in [0.717, 1.165) is 84.5 Å². The number of fused-ring (bicyclic) bond motifs is 4. The fraction of sp³-hybridized carbons (Fsp3) is 0.619. The van der Waals surface area contributed by atoms with Gasteiger partial charge >= 0.3 is 23.9 Å². The van der Waals surface area contributed by atoms with Crippen LogP contribution in [0.3, 0.4) is 0 Å². The van der Waals surface area contributed by atoms with E-state index in [1.54, 1.807) is 26.4 Å². The van der Waals surface area contributed by atoms with Crippen molar-refractivity contribution in [2.45, 2.75) is 128 Å². The van der Waals surface area contributed by atoms with Gasteiger partial charge in [-0.05, 0) is 49.2 Å². The number of benzene rings is 2. The van der Waals surface area contributed by atoms with E-state index in [0.29, 0.717) is 60.0 Å². The lowest BCUT2D eigenvalue weighted by Crippen LogP contribution is -2.58. The summed E-state index contributed by atoms with van der Waals surface area (Å²) in [5, 5.41) is 0. The van der Waals surface area contributed by atoms with Gasteiger partial charge in [-0.15, -0.1) is 0 Å². The Labute approximate surface area is 318 Å². The summed E-state index contributed by atoms with van der Waals surface area (Å²) in [6.07, 6.45) is 8.52. The number of ether oxygens (including phenoxy) is 6. The number of hydrogen-bond acceptors (Lipinski definition) is 10. The maximum atomic E-state index is 13.5. The second kappa shape index (κ2) is 15.2. The second-order valence-corrected chi connectivity index (χ2v) is 16.8. The first-order chi connectivity index (χ1) is 25.8. The number of methoxy groups -OCH3 is 2. The van der Waals surface area contributed by atoms with Gasteiger partial charge in [0.1, 0.15) is 25.3 Å². The molecule has 0 spiro atoms. The molecule has 12 nitrogen and oxygen atoms in total. The Kier molecular flexibility index (Phi) is 10.7. The summed E-state index contributed by atoms with van der Waals surface area (Å²) in [4.78, 5) is 50.1. The van der Waals surface area contributed by atoms with Crippen LogP contribution in [0.5, 0.6) is 23.0 Å². The molecule has 7 rings (SSSR count). The van der Waals surface area contributed by atoms with Gasteiger partial charge in [-0.25, -0.2) is 0 Å². The van der Waals surface area contributed by atoms with Crippen molar-refractivity contribution in [2.24, 2.45) is 11.8 Å². The topological polar surface area (TPSA) is 124 Å². The highest BCUT2D eigenvalue weighted by molar-refractivity contribution is 5.84. The lowest BCUT2D eigenvalue weighted by Gasteiger charge is -2.47. The summed E-state index contributed by atoms with van der Waals surface area (Å²) in [7, 11) is 7.74. The van der Waals surface area contributed by atoms with Crippen molar-refractivity contribution in [3.05, 3.63) is 47.5 Å². The van der Waals surface area contributed by atoms with Gasteiger partial charge in [0.25, 0.3) is 0 Å². The summed E-state index contributed by atoms with van der Waals surface area (Å²) in [6.45, 7) is 4.37. The number of hydrogen-bond donors (Lipinski definition) is 0. The first kappa shape index (κ1) is 38.1. The Hall–Kier alpha value is -4.16. The fourth-order valence-corrected chi connectivity index (χ4v) is 10.5. The summed E-state index contributed by atoms with van der Waals surface area (Å²) in [5.41, 5.74) is 2.21. The first-order valence-electron chi connectivity index (χ1n) is 19.6. The monoisotopic (exact) mass is 748 g/mol. The number of quaternary nitrogens is 2. The molecular weight excluding hydrogens is 692 g/mol. The van der Waals surface area contributed by atoms with Gasteiger partial charge < -0.3 is 37.4 Å². The minimum absolute atomic E-state index is 0.151. The molecule has 292 valence electrons. The van der Waals surface area contributed by atoms with Crippen LogP contribution in [0.2, 0.25) is 0 Å². The maximum absolute atomic E-state index is 13.5. The average Bonchev–Trinajstić information content (AvgIpc) is 3.32. The number of nitrogens with zero attached hydrogens (tertiary/aromatic N) is 2. The van der Waals surface area contributed by atoms with Crippen LogP contribution in [0.25, 0.3) is 0 Å². The Bertz CT molecular complexity index is 1620. The van der Waals surface area contributed by atoms with E-state index in [4.69, 9.17) is 28.4 Å². The SMILES string of the molecule is COc1cc(C[N+]2(C)C3CCC2CC(OC(=O)C2CCC2C(=O)OC2CC4CCC(C2)[N+]4(C)Cc2ccc(OC(C)=O)c(OC)c2)C3)ccc1OC(C)=O. The highest BCUT2D eigenvalue weighted by Gasteiger charge is 2.55. The summed E-state index contributed by atoms with van der Waals surface area (Å²) < 4.78 is 35.8. The van der Waals surface area contributed by atoms with Crippen molar-refractivity contribution in [2.75, 3.05) is 28.3 Å². The quantitative estimate of drug-likeness (QED) is 0.153. The number of carbonyl (C=O) groups excluding carboxylic acids is 4. The molecule has 12 heteroatoms. The van der Waals surface area contributed by atoms with E-state index >= 15 is 0 Å². The molecule has 0 radical (unpaired) electrons. The molecule has 0 aromatic heterocycles. The van der Waals surface area contributed by atoms with Crippen LogP contribution in [0.4, 0.5) is 0 Å². The molecule has 4 bridgehead atoms. The molecular formula is C42H56N2O10+2. The minimum atomic E-state index is -0.438. The average molecular weight is 749 g/mol. The molecule has 5 fully saturated rings. The van der Waals surface area contributed by atoms with Crippen molar-refractivity contribution in [1.29, 1.82) is 0 Å². The molecule has 6 unspecified atom stereocenters. The van der Waals surface area contributed by atoms with Gasteiger partial charge in [-0.1, -0.05) is 0 Å². The van der Waals surface area contributed by atoms with Gasteiger partial charge in [-0.3, -0.25) is 19.2 Å². The third-order valence-electron chi connectivity index (χ3n) is 13.6. The van der Waals surface area contributed by atoms with Crippen molar-refractivity contribution in [1.82, 2.24) is 0 Å². The van der Waals surface area contributed by atoms with E-state index in [2.05, 4.69) is 14.1 Å². The molecule has 6 atom stereocenters.